The van der Waals surface area contributed by atoms with Crippen LogP contribution < -0.4 is 19.7 Å². The quantitative estimate of drug-likeness (QED) is 0.236. The summed E-state index contributed by atoms with van der Waals surface area (Å²) >= 11 is 2.07. The first-order valence-corrected chi connectivity index (χ1v) is 12.0. The molecule has 0 spiro atoms. The van der Waals surface area contributed by atoms with E-state index in [1.54, 1.807) is 36.4 Å². The zero-order chi connectivity index (χ0) is 26.0. The highest BCUT2D eigenvalue weighted by Crippen LogP contribution is 2.35. The molecule has 0 atom stereocenters. The molecule has 7 nitrogen and oxygen atoms in total. The predicted molar refractivity (Wildman–Crippen MR) is 141 cm³/mol. The van der Waals surface area contributed by atoms with Crippen molar-refractivity contribution in [3.8, 4) is 11.5 Å². The molecule has 36 heavy (non-hydrogen) atoms. The summed E-state index contributed by atoms with van der Waals surface area (Å²) in [6.07, 6.45) is 1.41. The van der Waals surface area contributed by atoms with Crippen LogP contribution >= 0.6 is 22.6 Å². The number of amides is 4. The van der Waals surface area contributed by atoms with E-state index in [2.05, 4.69) is 27.9 Å². The van der Waals surface area contributed by atoms with Gasteiger partial charge in [-0.25, -0.2) is 14.1 Å². The van der Waals surface area contributed by atoms with E-state index in [-0.39, 0.29) is 18.0 Å². The molecule has 0 saturated carbocycles. The minimum Gasteiger partial charge on any atom is -0.493 e. The number of anilines is 1. The van der Waals surface area contributed by atoms with Gasteiger partial charge >= 0.3 is 6.03 Å². The fourth-order valence-corrected chi connectivity index (χ4v) is 4.40. The van der Waals surface area contributed by atoms with Gasteiger partial charge in [-0.1, -0.05) is 18.2 Å². The predicted octanol–water partition coefficient (Wildman–Crippen LogP) is 5.30. The van der Waals surface area contributed by atoms with Crippen LogP contribution in [0.5, 0.6) is 11.5 Å². The van der Waals surface area contributed by atoms with E-state index in [4.69, 9.17) is 9.47 Å². The Bertz CT molecular complexity index is 1400. The Morgan fingerprint density at radius 1 is 1.00 bits per heavy atom. The van der Waals surface area contributed by atoms with Gasteiger partial charge in [-0.05, 0) is 101 Å². The molecule has 3 aromatic carbocycles. The molecular formula is C27H22FIN2O5. The van der Waals surface area contributed by atoms with Crippen LogP contribution in [-0.4, -0.2) is 25.0 Å². The minimum atomic E-state index is -0.804. The number of benzene rings is 3. The molecule has 4 rings (SSSR count). The summed E-state index contributed by atoms with van der Waals surface area (Å²) in [5, 5.41) is 2.23. The van der Waals surface area contributed by atoms with Crippen molar-refractivity contribution in [1.82, 2.24) is 5.32 Å². The highest BCUT2D eigenvalue weighted by molar-refractivity contribution is 14.1. The third kappa shape index (κ3) is 5.25. The Morgan fingerprint density at radius 2 is 1.72 bits per heavy atom. The van der Waals surface area contributed by atoms with Crippen molar-refractivity contribution in [2.75, 3.05) is 12.0 Å². The lowest BCUT2D eigenvalue weighted by Crippen LogP contribution is -2.54. The average Bonchev–Trinajstić information content (AvgIpc) is 2.84. The zero-order valence-electron chi connectivity index (χ0n) is 19.7. The number of nitrogens with zero attached hydrogens (tertiary/aromatic N) is 1. The smallest absolute Gasteiger partial charge is 0.335 e. The maximum atomic E-state index is 13.2. The van der Waals surface area contributed by atoms with Crippen molar-refractivity contribution in [2.45, 2.75) is 20.5 Å². The first-order valence-electron chi connectivity index (χ1n) is 10.9. The third-order valence-electron chi connectivity index (χ3n) is 5.71. The molecule has 1 fully saturated rings. The van der Waals surface area contributed by atoms with E-state index in [9.17, 15) is 18.8 Å². The number of carbonyl (C=O) groups is 3. The van der Waals surface area contributed by atoms with Crippen LogP contribution in [-0.2, 0) is 16.2 Å². The second kappa shape index (κ2) is 10.5. The molecule has 1 aliphatic heterocycles. The number of halogens is 2. The Morgan fingerprint density at radius 3 is 2.39 bits per heavy atom. The maximum absolute atomic E-state index is 13.2. The van der Waals surface area contributed by atoms with Crippen LogP contribution in [0.3, 0.4) is 0 Å². The van der Waals surface area contributed by atoms with Gasteiger partial charge in [-0.3, -0.25) is 14.9 Å². The summed E-state index contributed by atoms with van der Waals surface area (Å²) in [6, 6.07) is 13.7. The number of imide groups is 2. The number of aryl methyl sites for hydroxylation is 2. The number of urea groups is 1. The van der Waals surface area contributed by atoms with Gasteiger partial charge in [0.15, 0.2) is 11.5 Å². The summed E-state index contributed by atoms with van der Waals surface area (Å²) in [5.41, 5.74) is 3.39. The minimum absolute atomic E-state index is 0.189. The lowest BCUT2D eigenvalue weighted by atomic mass is 10.0. The Labute approximate surface area is 221 Å². The average molecular weight is 600 g/mol. The highest BCUT2D eigenvalue weighted by Gasteiger charge is 2.37. The summed E-state index contributed by atoms with van der Waals surface area (Å²) in [7, 11) is 1.48. The van der Waals surface area contributed by atoms with Crippen LogP contribution in [0.2, 0.25) is 0 Å². The zero-order valence-corrected chi connectivity index (χ0v) is 21.9. The van der Waals surface area contributed by atoms with Gasteiger partial charge in [-0.15, -0.1) is 0 Å². The van der Waals surface area contributed by atoms with Crippen molar-refractivity contribution in [2.24, 2.45) is 0 Å². The number of methoxy groups -OCH3 is 1. The van der Waals surface area contributed by atoms with Crippen LogP contribution in [0.15, 0.2) is 60.2 Å². The fraction of sp³-hybridized carbons (Fsp3) is 0.148. The van der Waals surface area contributed by atoms with Gasteiger partial charge in [-0.2, -0.15) is 0 Å². The second-order valence-corrected chi connectivity index (χ2v) is 9.34. The molecule has 4 amide bonds. The highest BCUT2D eigenvalue weighted by atomic mass is 127. The Balaban J connectivity index is 1.64. The van der Waals surface area contributed by atoms with Crippen molar-refractivity contribution in [3.63, 3.8) is 0 Å². The molecule has 0 aliphatic carbocycles. The maximum Gasteiger partial charge on any atom is 0.335 e. The summed E-state index contributed by atoms with van der Waals surface area (Å²) in [5.74, 6) is -0.978. The molecule has 1 N–H and O–H groups in total. The van der Waals surface area contributed by atoms with Gasteiger partial charge in [0.1, 0.15) is 18.0 Å². The van der Waals surface area contributed by atoms with Crippen LogP contribution in [0.4, 0.5) is 14.9 Å². The first-order chi connectivity index (χ1) is 17.2. The first kappa shape index (κ1) is 25.4. The molecular weight excluding hydrogens is 578 g/mol. The summed E-state index contributed by atoms with van der Waals surface area (Å²) < 4.78 is 25.2. The SMILES string of the molecule is COc1cc(/C=C2\C(=O)NC(=O)N(c3ccc(C)c(C)c3)C2=O)cc(I)c1OCc1ccc(F)cc1. The molecule has 1 heterocycles. The number of barbiturate groups is 1. The molecule has 9 heteroatoms. The number of carbonyl (C=O) groups excluding carboxylic acids is 3. The van der Waals surface area contributed by atoms with Crippen molar-refractivity contribution in [1.29, 1.82) is 0 Å². The molecule has 0 unspecified atom stereocenters. The number of ether oxygens (including phenoxy) is 2. The van der Waals surface area contributed by atoms with Crippen molar-refractivity contribution < 1.29 is 28.2 Å². The van der Waals surface area contributed by atoms with E-state index in [0.717, 1.165) is 21.6 Å². The number of hydrogen-bond donors (Lipinski definition) is 1. The Hall–Kier alpha value is -3.73. The van der Waals surface area contributed by atoms with E-state index >= 15 is 0 Å². The Kier molecular flexibility index (Phi) is 7.39. The number of nitrogens with one attached hydrogen (secondary N) is 1. The third-order valence-corrected chi connectivity index (χ3v) is 6.51. The van der Waals surface area contributed by atoms with E-state index in [1.807, 2.05) is 19.9 Å². The summed E-state index contributed by atoms with van der Waals surface area (Å²) in [4.78, 5) is 39.3. The van der Waals surface area contributed by atoms with Crippen LogP contribution in [0, 0.1) is 23.2 Å². The lowest BCUT2D eigenvalue weighted by molar-refractivity contribution is -0.122. The topological polar surface area (TPSA) is 84.9 Å². The molecule has 0 bridgehead atoms. The van der Waals surface area contributed by atoms with E-state index in [0.29, 0.717) is 26.3 Å². The van der Waals surface area contributed by atoms with Gasteiger partial charge < -0.3 is 9.47 Å². The molecule has 3 aromatic rings. The van der Waals surface area contributed by atoms with Gasteiger partial charge in [0, 0.05) is 0 Å². The second-order valence-electron chi connectivity index (χ2n) is 8.18. The van der Waals surface area contributed by atoms with Crippen LogP contribution in [0.1, 0.15) is 22.3 Å². The van der Waals surface area contributed by atoms with Crippen molar-refractivity contribution >= 4 is 52.2 Å². The van der Waals surface area contributed by atoms with Crippen molar-refractivity contribution in [3.05, 3.63) is 91.8 Å². The molecule has 0 aromatic heterocycles. The fourth-order valence-electron chi connectivity index (χ4n) is 3.62. The van der Waals surface area contributed by atoms with Gasteiger partial charge in [0.2, 0.25) is 0 Å². The van der Waals surface area contributed by atoms with Crippen LogP contribution in [0.25, 0.3) is 6.08 Å². The largest absolute Gasteiger partial charge is 0.493 e. The molecule has 0 radical (unpaired) electrons. The molecule has 1 saturated heterocycles. The lowest BCUT2D eigenvalue weighted by Gasteiger charge is -2.27. The standard InChI is InChI=1S/C27H22FIN2O5/c1-15-4-9-20(10-16(15)2)31-26(33)21(25(32)30-27(31)34)11-18-12-22(29)24(23(13-18)35-3)36-14-17-5-7-19(28)8-6-17/h4-13H,14H2,1-3H3,(H,30,32,34)/b21-11+. The van der Waals surface area contributed by atoms with Gasteiger partial charge in [0.25, 0.3) is 11.8 Å². The van der Waals surface area contributed by atoms with E-state index < -0.39 is 17.8 Å². The normalized spacial score (nSPS) is 14.8. The number of hydrogen-bond acceptors (Lipinski definition) is 5. The number of rotatable bonds is 6. The molecule has 1 aliphatic rings. The summed E-state index contributed by atoms with van der Waals surface area (Å²) in [6.45, 7) is 4.00. The molecule has 184 valence electrons. The van der Waals surface area contributed by atoms with Gasteiger partial charge in [0.05, 0.1) is 16.4 Å². The van der Waals surface area contributed by atoms with E-state index in [1.165, 1.54) is 25.3 Å². The monoisotopic (exact) mass is 600 g/mol.